The van der Waals surface area contributed by atoms with E-state index in [1.807, 2.05) is 12.1 Å². The van der Waals surface area contributed by atoms with E-state index in [0.29, 0.717) is 25.1 Å². The smallest absolute Gasteiger partial charge is 0.219 e. The molecule has 3 N–H and O–H groups in total. The van der Waals surface area contributed by atoms with Gasteiger partial charge in [0.15, 0.2) is 0 Å². The first-order valence-corrected chi connectivity index (χ1v) is 4.91. The summed E-state index contributed by atoms with van der Waals surface area (Å²) in [5.41, 5.74) is 6.25. The van der Waals surface area contributed by atoms with E-state index in [0.717, 1.165) is 5.75 Å². The summed E-state index contributed by atoms with van der Waals surface area (Å²) in [6, 6.07) is 7.20. The molecule has 0 saturated carbocycles. The predicted octanol–water partition coefficient (Wildman–Crippen LogP) is 1.17. The summed E-state index contributed by atoms with van der Waals surface area (Å²) in [5, 5.41) is 2.56. The minimum atomic E-state index is 0.0379. The third-order valence-corrected chi connectivity index (χ3v) is 1.98. The highest BCUT2D eigenvalue weighted by Crippen LogP contribution is 2.13. The van der Waals surface area contributed by atoms with Gasteiger partial charge in [0.2, 0.25) is 5.91 Å². The fourth-order valence-corrected chi connectivity index (χ4v) is 1.11. The van der Waals surface area contributed by atoms with E-state index in [2.05, 4.69) is 5.32 Å². The Morgan fingerprint density at radius 2 is 2.07 bits per heavy atom. The van der Waals surface area contributed by atoms with Crippen molar-refractivity contribution in [2.24, 2.45) is 0 Å². The van der Waals surface area contributed by atoms with Crippen LogP contribution in [0.25, 0.3) is 0 Å². The summed E-state index contributed by atoms with van der Waals surface area (Å²) in [6.07, 6.45) is 1.20. The zero-order chi connectivity index (χ0) is 11.1. The number of amides is 1. The lowest BCUT2D eigenvalue weighted by atomic mass is 10.3. The zero-order valence-corrected chi connectivity index (χ0v) is 8.82. The number of rotatable bonds is 5. The van der Waals surface area contributed by atoms with Crippen molar-refractivity contribution < 1.29 is 9.53 Å². The van der Waals surface area contributed by atoms with Gasteiger partial charge in [-0.15, -0.1) is 0 Å². The average Bonchev–Trinajstić information content (AvgIpc) is 2.26. The fourth-order valence-electron chi connectivity index (χ4n) is 1.11. The predicted molar refractivity (Wildman–Crippen MR) is 59.7 cm³/mol. The zero-order valence-electron chi connectivity index (χ0n) is 8.82. The molecule has 1 aromatic carbocycles. The molecule has 0 aliphatic rings. The number of nitrogen functional groups attached to an aromatic ring is 1. The molecule has 0 aliphatic carbocycles. The lowest BCUT2D eigenvalue weighted by Gasteiger charge is -2.05. The Labute approximate surface area is 89.4 Å². The van der Waals surface area contributed by atoms with Gasteiger partial charge in [0.1, 0.15) is 5.75 Å². The maximum atomic E-state index is 10.9. The number of hydrogen-bond acceptors (Lipinski definition) is 3. The van der Waals surface area contributed by atoms with Gasteiger partial charge >= 0.3 is 0 Å². The van der Waals surface area contributed by atoms with E-state index in [1.54, 1.807) is 19.2 Å². The summed E-state index contributed by atoms with van der Waals surface area (Å²) in [6.45, 7) is 0.539. The van der Waals surface area contributed by atoms with Gasteiger partial charge in [0.05, 0.1) is 6.61 Å². The number of carbonyl (C=O) groups is 1. The van der Waals surface area contributed by atoms with Crippen molar-refractivity contribution in [1.29, 1.82) is 0 Å². The van der Waals surface area contributed by atoms with Crippen molar-refractivity contribution in [3.05, 3.63) is 24.3 Å². The van der Waals surface area contributed by atoms with Gasteiger partial charge in [0.25, 0.3) is 0 Å². The van der Waals surface area contributed by atoms with Crippen LogP contribution in [0.2, 0.25) is 0 Å². The Bertz CT molecular complexity index is 309. The summed E-state index contributed by atoms with van der Waals surface area (Å²) in [4.78, 5) is 10.9. The molecule has 0 heterocycles. The highest BCUT2D eigenvalue weighted by atomic mass is 16.5. The highest BCUT2D eigenvalue weighted by Gasteiger charge is 1.98. The molecule has 0 aromatic heterocycles. The van der Waals surface area contributed by atoms with Crippen LogP contribution in [0.4, 0.5) is 5.69 Å². The van der Waals surface area contributed by atoms with Gasteiger partial charge in [-0.1, -0.05) is 0 Å². The standard InChI is InChI=1S/C11H16N2O2/c1-13-11(14)3-2-8-15-10-6-4-9(12)5-7-10/h4-7H,2-3,8,12H2,1H3,(H,13,14). The molecular formula is C11H16N2O2. The van der Waals surface area contributed by atoms with E-state index < -0.39 is 0 Å². The Balaban J connectivity index is 2.20. The van der Waals surface area contributed by atoms with E-state index >= 15 is 0 Å². The van der Waals surface area contributed by atoms with Crippen LogP contribution in [0, 0.1) is 0 Å². The summed E-state index contributed by atoms with van der Waals surface area (Å²) in [5.74, 6) is 0.817. The van der Waals surface area contributed by atoms with Crippen LogP contribution in [-0.2, 0) is 4.79 Å². The fraction of sp³-hybridized carbons (Fsp3) is 0.364. The molecule has 4 nitrogen and oxygen atoms in total. The lowest BCUT2D eigenvalue weighted by Crippen LogP contribution is -2.18. The van der Waals surface area contributed by atoms with Gasteiger partial charge in [-0.05, 0) is 30.7 Å². The largest absolute Gasteiger partial charge is 0.494 e. The number of carbonyl (C=O) groups excluding carboxylic acids is 1. The molecule has 82 valence electrons. The van der Waals surface area contributed by atoms with Gasteiger partial charge in [-0.2, -0.15) is 0 Å². The van der Waals surface area contributed by atoms with E-state index in [1.165, 1.54) is 0 Å². The SMILES string of the molecule is CNC(=O)CCCOc1ccc(N)cc1. The van der Waals surface area contributed by atoms with Crippen LogP contribution >= 0.6 is 0 Å². The van der Waals surface area contributed by atoms with Crippen LogP contribution < -0.4 is 15.8 Å². The molecule has 0 radical (unpaired) electrons. The minimum Gasteiger partial charge on any atom is -0.494 e. The molecule has 0 saturated heterocycles. The Morgan fingerprint density at radius 1 is 1.40 bits per heavy atom. The van der Waals surface area contributed by atoms with Crippen LogP contribution in [-0.4, -0.2) is 19.6 Å². The topological polar surface area (TPSA) is 64.3 Å². The molecule has 0 spiro atoms. The number of ether oxygens (including phenoxy) is 1. The monoisotopic (exact) mass is 208 g/mol. The van der Waals surface area contributed by atoms with Crippen LogP contribution in [0.1, 0.15) is 12.8 Å². The van der Waals surface area contributed by atoms with Gasteiger partial charge < -0.3 is 15.8 Å². The maximum absolute atomic E-state index is 10.9. The first-order valence-electron chi connectivity index (χ1n) is 4.91. The molecule has 1 amide bonds. The second kappa shape index (κ2) is 5.90. The summed E-state index contributed by atoms with van der Waals surface area (Å²) in [7, 11) is 1.63. The summed E-state index contributed by atoms with van der Waals surface area (Å²) >= 11 is 0. The first kappa shape index (κ1) is 11.4. The molecule has 0 unspecified atom stereocenters. The normalized spacial score (nSPS) is 9.67. The third-order valence-electron chi connectivity index (χ3n) is 1.98. The molecule has 0 atom stereocenters. The first-order chi connectivity index (χ1) is 7.22. The number of nitrogens with two attached hydrogens (primary N) is 1. The number of benzene rings is 1. The molecule has 0 fully saturated rings. The molecule has 1 rings (SSSR count). The second-order valence-electron chi connectivity index (χ2n) is 3.19. The Hall–Kier alpha value is -1.71. The number of hydrogen-bond donors (Lipinski definition) is 2. The van der Waals surface area contributed by atoms with Crippen molar-refractivity contribution in [3.63, 3.8) is 0 Å². The van der Waals surface area contributed by atoms with Gasteiger partial charge in [-0.3, -0.25) is 4.79 Å². The molecule has 15 heavy (non-hydrogen) atoms. The molecule has 0 bridgehead atoms. The summed E-state index contributed by atoms with van der Waals surface area (Å²) < 4.78 is 5.42. The second-order valence-corrected chi connectivity index (χ2v) is 3.19. The average molecular weight is 208 g/mol. The third kappa shape index (κ3) is 4.35. The molecular weight excluding hydrogens is 192 g/mol. The minimum absolute atomic E-state index is 0.0379. The highest BCUT2D eigenvalue weighted by molar-refractivity contribution is 5.75. The lowest BCUT2D eigenvalue weighted by molar-refractivity contribution is -0.120. The number of nitrogens with one attached hydrogen (secondary N) is 1. The van der Waals surface area contributed by atoms with Gasteiger partial charge in [-0.25, -0.2) is 0 Å². The Kier molecular flexibility index (Phi) is 4.47. The van der Waals surface area contributed by atoms with Crippen LogP contribution in [0.5, 0.6) is 5.75 Å². The van der Waals surface area contributed by atoms with Crippen molar-refractivity contribution in [2.75, 3.05) is 19.4 Å². The molecule has 1 aromatic rings. The van der Waals surface area contributed by atoms with Crippen LogP contribution in [0.15, 0.2) is 24.3 Å². The molecule has 4 heteroatoms. The van der Waals surface area contributed by atoms with E-state index in [9.17, 15) is 4.79 Å². The maximum Gasteiger partial charge on any atom is 0.219 e. The van der Waals surface area contributed by atoms with Crippen molar-refractivity contribution in [2.45, 2.75) is 12.8 Å². The number of anilines is 1. The van der Waals surface area contributed by atoms with Gasteiger partial charge in [0, 0.05) is 19.2 Å². The Morgan fingerprint density at radius 3 is 2.67 bits per heavy atom. The van der Waals surface area contributed by atoms with E-state index in [-0.39, 0.29) is 5.91 Å². The van der Waals surface area contributed by atoms with Crippen molar-refractivity contribution >= 4 is 11.6 Å². The van der Waals surface area contributed by atoms with Crippen LogP contribution in [0.3, 0.4) is 0 Å². The quantitative estimate of drug-likeness (QED) is 0.564. The van der Waals surface area contributed by atoms with Crippen molar-refractivity contribution in [3.8, 4) is 5.75 Å². The van der Waals surface area contributed by atoms with E-state index in [4.69, 9.17) is 10.5 Å². The van der Waals surface area contributed by atoms with Crippen molar-refractivity contribution in [1.82, 2.24) is 5.32 Å². The molecule has 0 aliphatic heterocycles.